The Bertz CT molecular complexity index is 406. The van der Waals surface area contributed by atoms with Gasteiger partial charge in [0, 0.05) is 19.2 Å². The van der Waals surface area contributed by atoms with Gasteiger partial charge in [-0.25, -0.2) is 0 Å². The molecule has 0 bridgehead atoms. The minimum Gasteiger partial charge on any atom is -0.480 e. The fourth-order valence-corrected chi connectivity index (χ4v) is 1.82. The first-order valence-corrected chi connectivity index (χ1v) is 6.36. The highest BCUT2D eigenvalue weighted by molar-refractivity contribution is 5.69. The molecule has 0 atom stereocenters. The van der Waals surface area contributed by atoms with Crippen LogP contribution in [0, 0.1) is 0 Å². The number of methoxy groups -OCH3 is 1. The molecule has 19 heavy (non-hydrogen) atoms. The Balaban J connectivity index is 2.76. The fraction of sp³-hybridized carbons (Fsp3) is 0.533. The highest BCUT2D eigenvalue weighted by atomic mass is 16.5. The van der Waals surface area contributed by atoms with Crippen molar-refractivity contribution in [1.82, 2.24) is 4.90 Å². The van der Waals surface area contributed by atoms with Gasteiger partial charge in [0.1, 0.15) is 0 Å². The molecule has 0 aliphatic heterocycles. The molecule has 0 spiro atoms. The number of carboxylic acids is 1. The number of benzene rings is 1. The monoisotopic (exact) mass is 265 g/mol. The molecule has 0 heterocycles. The molecule has 4 nitrogen and oxygen atoms in total. The van der Waals surface area contributed by atoms with E-state index in [0.717, 1.165) is 11.1 Å². The Hall–Kier alpha value is -1.39. The third-order valence-electron chi connectivity index (χ3n) is 2.98. The second-order valence-electron chi connectivity index (χ2n) is 5.67. The van der Waals surface area contributed by atoms with Gasteiger partial charge in [0.2, 0.25) is 0 Å². The largest absolute Gasteiger partial charge is 0.480 e. The summed E-state index contributed by atoms with van der Waals surface area (Å²) in [7, 11) is 1.67. The highest BCUT2D eigenvalue weighted by Gasteiger charge is 2.23. The van der Waals surface area contributed by atoms with Crippen molar-refractivity contribution >= 4 is 5.97 Å². The number of hydrogen-bond acceptors (Lipinski definition) is 3. The summed E-state index contributed by atoms with van der Waals surface area (Å²) in [5.74, 6) is -0.800. The number of aliphatic carboxylic acids is 1. The average molecular weight is 265 g/mol. The van der Waals surface area contributed by atoms with Gasteiger partial charge in [-0.05, 0) is 31.9 Å². The van der Waals surface area contributed by atoms with E-state index in [4.69, 9.17) is 9.84 Å². The zero-order chi connectivity index (χ0) is 14.5. The van der Waals surface area contributed by atoms with Crippen LogP contribution in [0.15, 0.2) is 24.3 Å². The van der Waals surface area contributed by atoms with Crippen molar-refractivity contribution in [2.75, 3.05) is 13.7 Å². The Kier molecular flexibility index (Phi) is 5.51. The molecule has 4 heteroatoms. The first kappa shape index (κ1) is 15.7. The van der Waals surface area contributed by atoms with E-state index in [0.29, 0.717) is 13.2 Å². The van der Waals surface area contributed by atoms with Crippen LogP contribution in [0.25, 0.3) is 0 Å². The second kappa shape index (κ2) is 6.68. The van der Waals surface area contributed by atoms with Crippen LogP contribution in [0.5, 0.6) is 0 Å². The van der Waals surface area contributed by atoms with Crippen molar-refractivity contribution in [1.29, 1.82) is 0 Å². The van der Waals surface area contributed by atoms with E-state index < -0.39 is 5.97 Å². The summed E-state index contributed by atoms with van der Waals surface area (Å²) >= 11 is 0. The minimum absolute atomic E-state index is 0.0450. The molecule has 0 unspecified atom stereocenters. The number of carbonyl (C=O) groups is 1. The smallest absolute Gasteiger partial charge is 0.317 e. The second-order valence-corrected chi connectivity index (χ2v) is 5.67. The van der Waals surface area contributed by atoms with E-state index in [1.54, 1.807) is 7.11 Å². The van der Waals surface area contributed by atoms with Crippen LogP contribution in [-0.2, 0) is 22.7 Å². The topological polar surface area (TPSA) is 49.8 Å². The Morgan fingerprint density at radius 1 is 1.21 bits per heavy atom. The van der Waals surface area contributed by atoms with Gasteiger partial charge in [0.05, 0.1) is 13.2 Å². The standard InChI is InChI=1S/C15H23NO3/c1-15(2,3)16(10-14(17)18)9-12-5-7-13(8-6-12)11-19-4/h5-8H,9-11H2,1-4H3,(H,17,18). The summed E-state index contributed by atoms with van der Waals surface area (Å²) in [6, 6.07) is 8.07. The molecule has 0 aliphatic rings. The van der Waals surface area contributed by atoms with Gasteiger partial charge in [-0.15, -0.1) is 0 Å². The zero-order valence-electron chi connectivity index (χ0n) is 12.1. The van der Waals surface area contributed by atoms with Crippen LogP contribution in [0.2, 0.25) is 0 Å². The molecule has 0 aromatic heterocycles. The number of ether oxygens (including phenoxy) is 1. The maximum absolute atomic E-state index is 10.9. The predicted octanol–water partition coefficient (Wildman–Crippen LogP) is 2.52. The van der Waals surface area contributed by atoms with Crippen LogP contribution >= 0.6 is 0 Å². The SMILES string of the molecule is COCc1ccc(CN(CC(=O)O)C(C)(C)C)cc1. The van der Waals surface area contributed by atoms with Gasteiger partial charge in [-0.1, -0.05) is 24.3 Å². The van der Waals surface area contributed by atoms with Gasteiger partial charge in [0.15, 0.2) is 0 Å². The molecule has 1 rings (SSSR count). The maximum Gasteiger partial charge on any atom is 0.317 e. The van der Waals surface area contributed by atoms with E-state index in [1.807, 2.05) is 49.9 Å². The summed E-state index contributed by atoms with van der Waals surface area (Å²) in [6.07, 6.45) is 0. The van der Waals surface area contributed by atoms with Crippen molar-refractivity contribution in [3.05, 3.63) is 35.4 Å². The van der Waals surface area contributed by atoms with Gasteiger partial charge in [-0.3, -0.25) is 9.69 Å². The normalized spacial score (nSPS) is 11.8. The third kappa shape index (κ3) is 5.41. The van der Waals surface area contributed by atoms with Crippen LogP contribution in [-0.4, -0.2) is 35.2 Å². The molecule has 1 aromatic carbocycles. The Labute approximate surface area is 115 Å². The summed E-state index contributed by atoms with van der Waals surface area (Å²) in [5.41, 5.74) is 2.05. The third-order valence-corrected chi connectivity index (χ3v) is 2.98. The van der Waals surface area contributed by atoms with E-state index in [-0.39, 0.29) is 12.1 Å². The van der Waals surface area contributed by atoms with Gasteiger partial charge < -0.3 is 9.84 Å². The lowest BCUT2D eigenvalue weighted by molar-refractivity contribution is -0.139. The molecule has 1 aromatic rings. The lowest BCUT2D eigenvalue weighted by Crippen LogP contribution is -2.43. The van der Waals surface area contributed by atoms with E-state index in [1.165, 1.54) is 0 Å². The van der Waals surface area contributed by atoms with Crippen molar-refractivity contribution in [2.45, 2.75) is 39.5 Å². The first-order chi connectivity index (χ1) is 8.82. The lowest BCUT2D eigenvalue weighted by atomic mass is 10.0. The molecule has 0 saturated carbocycles. The van der Waals surface area contributed by atoms with E-state index in [2.05, 4.69) is 0 Å². The molecule has 0 saturated heterocycles. The summed E-state index contributed by atoms with van der Waals surface area (Å²) in [6.45, 7) is 7.34. The lowest BCUT2D eigenvalue weighted by Gasteiger charge is -2.34. The van der Waals surface area contributed by atoms with Gasteiger partial charge in [0.25, 0.3) is 0 Å². The van der Waals surface area contributed by atoms with Crippen molar-refractivity contribution in [2.24, 2.45) is 0 Å². The molecule has 0 amide bonds. The van der Waals surface area contributed by atoms with Crippen molar-refractivity contribution < 1.29 is 14.6 Å². The highest BCUT2D eigenvalue weighted by Crippen LogP contribution is 2.17. The Morgan fingerprint density at radius 3 is 2.16 bits per heavy atom. The molecule has 0 aliphatic carbocycles. The number of rotatable bonds is 6. The van der Waals surface area contributed by atoms with Gasteiger partial charge >= 0.3 is 5.97 Å². The number of nitrogens with zero attached hydrogens (tertiary/aromatic N) is 1. The van der Waals surface area contributed by atoms with Crippen molar-refractivity contribution in [3.8, 4) is 0 Å². The number of hydrogen-bond donors (Lipinski definition) is 1. The molecule has 0 radical (unpaired) electrons. The first-order valence-electron chi connectivity index (χ1n) is 6.36. The van der Waals surface area contributed by atoms with E-state index >= 15 is 0 Å². The summed E-state index contributed by atoms with van der Waals surface area (Å²) < 4.78 is 5.07. The molecule has 0 fully saturated rings. The van der Waals surface area contributed by atoms with Crippen molar-refractivity contribution in [3.63, 3.8) is 0 Å². The minimum atomic E-state index is -0.800. The quantitative estimate of drug-likeness (QED) is 0.858. The molecular weight excluding hydrogens is 242 g/mol. The summed E-state index contributed by atoms with van der Waals surface area (Å²) in [5, 5.41) is 8.98. The fourth-order valence-electron chi connectivity index (χ4n) is 1.82. The average Bonchev–Trinajstić information content (AvgIpc) is 2.29. The Morgan fingerprint density at radius 2 is 1.74 bits per heavy atom. The summed E-state index contributed by atoms with van der Waals surface area (Å²) in [4.78, 5) is 12.9. The van der Waals surface area contributed by atoms with Crippen LogP contribution < -0.4 is 0 Å². The van der Waals surface area contributed by atoms with E-state index in [9.17, 15) is 4.79 Å². The predicted molar refractivity (Wildman–Crippen MR) is 75.0 cm³/mol. The molecule has 1 N–H and O–H groups in total. The van der Waals surface area contributed by atoms with Crippen LogP contribution in [0.1, 0.15) is 31.9 Å². The zero-order valence-corrected chi connectivity index (χ0v) is 12.1. The molecular formula is C15H23NO3. The number of carboxylic acid groups (broad SMARTS) is 1. The molecule has 106 valence electrons. The maximum atomic E-state index is 10.9. The van der Waals surface area contributed by atoms with Crippen LogP contribution in [0.3, 0.4) is 0 Å². The van der Waals surface area contributed by atoms with Crippen LogP contribution in [0.4, 0.5) is 0 Å². The van der Waals surface area contributed by atoms with Gasteiger partial charge in [-0.2, -0.15) is 0 Å².